The van der Waals surface area contributed by atoms with Gasteiger partial charge in [-0.05, 0) is 24.0 Å². The second-order valence-electron chi connectivity index (χ2n) is 5.90. The molecular weight excluding hydrogens is 446 g/mol. The summed E-state index contributed by atoms with van der Waals surface area (Å²) in [5, 5.41) is 6.41. The van der Waals surface area contributed by atoms with Crippen LogP contribution in [0, 0.1) is 5.92 Å². The van der Waals surface area contributed by atoms with Crippen molar-refractivity contribution in [2.45, 2.75) is 40.1 Å². The molecule has 0 aliphatic carbocycles. The van der Waals surface area contributed by atoms with Crippen molar-refractivity contribution in [1.29, 1.82) is 0 Å². The molecule has 0 bridgehead atoms. The van der Waals surface area contributed by atoms with Gasteiger partial charge in [0.2, 0.25) is 0 Å². The lowest BCUT2D eigenvalue weighted by Gasteiger charge is -2.13. The quantitative estimate of drug-likeness (QED) is 0.340. The number of aliphatic imine (C=N–C) groups is 1. The number of halogens is 4. The first-order chi connectivity index (χ1) is 11.3. The van der Waals surface area contributed by atoms with Crippen LogP contribution in [0.15, 0.2) is 29.3 Å². The van der Waals surface area contributed by atoms with Gasteiger partial charge in [-0.2, -0.15) is 13.2 Å². The first kappa shape index (κ1) is 24.0. The number of rotatable bonds is 8. The van der Waals surface area contributed by atoms with E-state index >= 15 is 0 Å². The molecule has 0 fully saturated rings. The molecule has 1 aromatic carbocycles. The van der Waals surface area contributed by atoms with Crippen molar-refractivity contribution in [2.24, 2.45) is 10.9 Å². The van der Waals surface area contributed by atoms with Gasteiger partial charge in [-0.3, -0.25) is 0 Å². The summed E-state index contributed by atoms with van der Waals surface area (Å²) in [5.41, 5.74) is 1.62. The highest BCUT2D eigenvalue weighted by Crippen LogP contribution is 2.16. The molecule has 0 atom stereocenters. The minimum Gasteiger partial charge on any atom is -0.367 e. The number of hydrogen-bond acceptors (Lipinski definition) is 2. The van der Waals surface area contributed by atoms with Crippen molar-refractivity contribution < 1.29 is 17.9 Å². The number of hydrogen-bond donors (Lipinski definition) is 2. The van der Waals surface area contributed by atoms with E-state index in [0.29, 0.717) is 18.0 Å². The molecule has 8 heteroatoms. The SMILES string of the molecule is CCNC(=NCc1cccc(COCC(F)(F)F)c1)NCC(C)C.I. The fourth-order valence-electron chi connectivity index (χ4n) is 1.92. The number of nitrogens with zero attached hydrogens (tertiary/aromatic N) is 1. The Morgan fingerprint density at radius 1 is 1.20 bits per heavy atom. The van der Waals surface area contributed by atoms with E-state index in [9.17, 15) is 13.2 Å². The molecule has 0 saturated heterocycles. The molecular formula is C17H27F3IN3O. The Kier molecular flexibility index (Phi) is 11.8. The summed E-state index contributed by atoms with van der Waals surface area (Å²) in [6.07, 6.45) is -4.30. The second kappa shape index (κ2) is 12.3. The van der Waals surface area contributed by atoms with E-state index in [4.69, 9.17) is 0 Å². The highest BCUT2D eigenvalue weighted by Gasteiger charge is 2.27. The average molecular weight is 473 g/mol. The highest BCUT2D eigenvalue weighted by atomic mass is 127. The van der Waals surface area contributed by atoms with Gasteiger partial charge in [-0.15, -0.1) is 24.0 Å². The van der Waals surface area contributed by atoms with Gasteiger partial charge >= 0.3 is 6.18 Å². The Bertz CT molecular complexity index is 522. The fraction of sp³-hybridized carbons (Fsp3) is 0.588. The Labute approximate surface area is 164 Å². The zero-order chi connectivity index (χ0) is 18.0. The molecule has 1 rings (SSSR count). The molecule has 0 aromatic heterocycles. The van der Waals surface area contributed by atoms with Crippen LogP contribution >= 0.6 is 24.0 Å². The third kappa shape index (κ3) is 12.0. The second-order valence-corrected chi connectivity index (χ2v) is 5.90. The molecule has 0 heterocycles. The highest BCUT2D eigenvalue weighted by molar-refractivity contribution is 14.0. The van der Waals surface area contributed by atoms with Crippen molar-refractivity contribution in [1.82, 2.24) is 10.6 Å². The van der Waals surface area contributed by atoms with E-state index in [1.807, 2.05) is 19.1 Å². The van der Waals surface area contributed by atoms with E-state index in [0.717, 1.165) is 24.6 Å². The molecule has 0 amide bonds. The monoisotopic (exact) mass is 473 g/mol. The molecule has 144 valence electrons. The van der Waals surface area contributed by atoms with Gasteiger partial charge in [0, 0.05) is 13.1 Å². The van der Waals surface area contributed by atoms with E-state index in [1.165, 1.54) is 0 Å². The number of benzene rings is 1. The standard InChI is InChI=1S/C17H26F3N3O.HI/c1-4-21-16(22-9-13(2)3)23-10-14-6-5-7-15(8-14)11-24-12-17(18,19)20;/h5-8,13H,4,9-12H2,1-3H3,(H2,21,22,23);1H. The maximum Gasteiger partial charge on any atom is 0.411 e. The smallest absolute Gasteiger partial charge is 0.367 e. The van der Waals surface area contributed by atoms with Crippen LogP contribution in [-0.2, 0) is 17.9 Å². The Morgan fingerprint density at radius 3 is 2.48 bits per heavy atom. The lowest BCUT2D eigenvalue weighted by atomic mass is 10.1. The van der Waals surface area contributed by atoms with Crippen molar-refractivity contribution in [2.75, 3.05) is 19.7 Å². The molecule has 0 unspecified atom stereocenters. The summed E-state index contributed by atoms with van der Waals surface area (Å²) in [6, 6.07) is 7.24. The van der Waals surface area contributed by atoms with Crippen LogP contribution in [-0.4, -0.2) is 31.8 Å². The van der Waals surface area contributed by atoms with Crippen LogP contribution in [0.25, 0.3) is 0 Å². The summed E-state index contributed by atoms with van der Waals surface area (Å²) >= 11 is 0. The molecule has 4 nitrogen and oxygen atoms in total. The van der Waals surface area contributed by atoms with Gasteiger partial charge in [0.15, 0.2) is 5.96 Å². The van der Waals surface area contributed by atoms with Crippen LogP contribution in [0.5, 0.6) is 0 Å². The van der Waals surface area contributed by atoms with Gasteiger partial charge in [-0.25, -0.2) is 4.99 Å². The minimum atomic E-state index is -4.30. The zero-order valence-electron chi connectivity index (χ0n) is 14.8. The maximum absolute atomic E-state index is 12.1. The lowest BCUT2D eigenvalue weighted by molar-refractivity contribution is -0.176. The summed E-state index contributed by atoms with van der Waals surface area (Å²) in [6.45, 7) is 6.93. The van der Waals surface area contributed by atoms with E-state index < -0.39 is 12.8 Å². The molecule has 0 radical (unpaired) electrons. The lowest BCUT2D eigenvalue weighted by Crippen LogP contribution is -2.39. The van der Waals surface area contributed by atoms with Gasteiger partial charge in [0.05, 0.1) is 13.2 Å². The predicted molar refractivity (Wildman–Crippen MR) is 105 cm³/mol. The van der Waals surface area contributed by atoms with Crippen LogP contribution in [0.3, 0.4) is 0 Å². The van der Waals surface area contributed by atoms with E-state index in [1.54, 1.807) is 12.1 Å². The maximum atomic E-state index is 12.1. The third-order valence-corrected chi connectivity index (χ3v) is 2.97. The van der Waals surface area contributed by atoms with Crippen LogP contribution in [0.2, 0.25) is 0 Å². The summed E-state index contributed by atoms with van der Waals surface area (Å²) in [7, 11) is 0. The Balaban J connectivity index is 0.00000576. The molecule has 0 aliphatic heterocycles. The van der Waals surface area contributed by atoms with Gasteiger partial charge in [-0.1, -0.05) is 38.1 Å². The van der Waals surface area contributed by atoms with Crippen molar-refractivity contribution >= 4 is 29.9 Å². The number of ether oxygens (including phenoxy) is 1. The summed E-state index contributed by atoms with van der Waals surface area (Å²) in [5.74, 6) is 1.23. The Hall–Kier alpha value is -1.03. The molecule has 0 aliphatic rings. The van der Waals surface area contributed by atoms with Crippen LogP contribution < -0.4 is 10.6 Å². The van der Waals surface area contributed by atoms with Crippen molar-refractivity contribution in [3.05, 3.63) is 35.4 Å². The Morgan fingerprint density at radius 2 is 1.88 bits per heavy atom. The fourth-order valence-corrected chi connectivity index (χ4v) is 1.92. The molecule has 0 saturated carbocycles. The summed E-state index contributed by atoms with van der Waals surface area (Å²) < 4.78 is 41.0. The molecule has 1 aromatic rings. The third-order valence-electron chi connectivity index (χ3n) is 2.97. The topological polar surface area (TPSA) is 45.7 Å². The largest absolute Gasteiger partial charge is 0.411 e. The predicted octanol–water partition coefficient (Wildman–Crippen LogP) is 4.09. The van der Waals surface area contributed by atoms with Gasteiger partial charge in [0.25, 0.3) is 0 Å². The normalized spacial score (nSPS) is 12.0. The molecule has 2 N–H and O–H groups in total. The summed E-state index contributed by atoms with van der Waals surface area (Å²) in [4.78, 5) is 4.49. The van der Waals surface area contributed by atoms with E-state index in [2.05, 4.69) is 34.2 Å². The van der Waals surface area contributed by atoms with Crippen molar-refractivity contribution in [3.63, 3.8) is 0 Å². The zero-order valence-corrected chi connectivity index (χ0v) is 17.2. The van der Waals surface area contributed by atoms with Crippen LogP contribution in [0.1, 0.15) is 31.9 Å². The minimum absolute atomic E-state index is 0. The van der Waals surface area contributed by atoms with Crippen molar-refractivity contribution in [3.8, 4) is 0 Å². The molecule has 25 heavy (non-hydrogen) atoms. The molecule has 0 spiro atoms. The van der Waals surface area contributed by atoms with Gasteiger partial charge < -0.3 is 15.4 Å². The number of nitrogens with one attached hydrogen (secondary N) is 2. The van der Waals surface area contributed by atoms with Gasteiger partial charge in [0.1, 0.15) is 6.61 Å². The number of guanidine groups is 1. The average Bonchev–Trinajstić information content (AvgIpc) is 2.49. The number of alkyl halides is 3. The first-order valence-electron chi connectivity index (χ1n) is 8.04. The first-order valence-corrected chi connectivity index (χ1v) is 8.04. The van der Waals surface area contributed by atoms with E-state index in [-0.39, 0.29) is 30.6 Å². The van der Waals surface area contributed by atoms with Crippen LogP contribution in [0.4, 0.5) is 13.2 Å².